The topological polar surface area (TPSA) is 51.2 Å². The molecule has 0 aliphatic rings. The lowest BCUT2D eigenvalue weighted by Crippen LogP contribution is -2.29. The second-order valence-electron chi connectivity index (χ2n) is 3.55. The number of ether oxygens (including phenoxy) is 1. The Morgan fingerprint density at radius 3 is 3.06 bits per heavy atom. The smallest absolute Gasteiger partial charge is 0.255 e. The molecule has 0 aliphatic heterocycles. The SMILES string of the molecule is COc1cnccc1C(=O)NCC(C)CCl. The molecule has 4 nitrogen and oxygen atoms in total. The Hall–Kier alpha value is -1.29. The molecule has 1 unspecified atom stereocenters. The van der Waals surface area contributed by atoms with Crippen LogP contribution in [0.15, 0.2) is 18.5 Å². The van der Waals surface area contributed by atoms with Crippen LogP contribution in [0.3, 0.4) is 0 Å². The highest BCUT2D eigenvalue weighted by Crippen LogP contribution is 2.15. The molecule has 1 amide bonds. The van der Waals surface area contributed by atoms with E-state index in [9.17, 15) is 4.79 Å². The van der Waals surface area contributed by atoms with E-state index in [4.69, 9.17) is 16.3 Å². The van der Waals surface area contributed by atoms with Gasteiger partial charge in [-0.1, -0.05) is 6.92 Å². The largest absolute Gasteiger partial charge is 0.494 e. The van der Waals surface area contributed by atoms with Gasteiger partial charge in [0.2, 0.25) is 0 Å². The molecule has 1 rings (SSSR count). The molecule has 1 atom stereocenters. The highest BCUT2D eigenvalue weighted by atomic mass is 35.5. The van der Waals surface area contributed by atoms with E-state index in [1.165, 1.54) is 13.3 Å². The summed E-state index contributed by atoms with van der Waals surface area (Å²) < 4.78 is 5.05. The number of methoxy groups -OCH3 is 1. The first-order valence-corrected chi connectivity index (χ1v) is 5.54. The van der Waals surface area contributed by atoms with Crippen molar-refractivity contribution in [2.24, 2.45) is 5.92 Å². The van der Waals surface area contributed by atoms with Gasteiger partial charge in [0.15, 0.2) is 0 Å². The quantitative estimate of drug-likeness (QED) is 0.800. The summed E-state index contributed by atoms with van der Waals surface area (Å²) in [6.45, 7) is 2.52. The predicted molar refractivity (Wildman–Crippen MR) is 63.0 cm³/mol. The second kappa shape index (κ2) is 6.33. The van der Waals surface area contributed by atoms with Crippen LogP contribution in [-0.4, -0.2) is 30.4 Å². The molecule has 0 fully saturated rings. The number of carbonyl (C=O) groups is 1. The molecule has 16 heavy (non-hydrogen) atoms. The molecule has 88 valence electrons. The second-order valence-corrected chi connectivity index (χ2v) is 3.85. The summed E-state index contributed by atoms with van der Waals surface area (Å²) in [6.07, 6.45) is 3.07. The van der Waals surface area contributed by atoms with E-state index in [1.807, 2.05) is 6.92 Å². The number of carbonyl (C=O) groups excluding carboxylic acids is 1. The Morgan fingerprint density at radius 2 is 2.44 bits per heavy atom. The number of amides is 1. The summed E-state index contributed by atoms with van der Waals surface area (Å²) in [5.41, 5.74) is 0.485. The molecule has 0 radical (unpaired) electrons. The van der Waals surface area contributed by atoms with Crippen molar-refractivity contribution in [1.29, 1.82) is 0 Å². The van der Waals surface area contributed by atoms with Crippen molar-refractivity contribution >= 4 is 17.5 Å². The summed E-state index contributed by atoms with van der Waals surface area (Å²) in [6, 6.07) is 1.62. The minimum Gasteiger partial charge on any atom is -0.494 e. The third kappa shape index (κ3) is 3.38. The number of hydrogen-bond acceptors (Lipinski definition) is 3. The van der Waals surface area contributed by atoms with Crippen LogP contribution in [0.25, 0.3) is 0 Å². The maximum Gasteiger partial charge on any atom is 0.255 e. The van der Waals surface area contributed by atoms with Gasteiger partial charge in [0, 0.05) is 18.6 Å². The normalized spacial score (nSPS) is 11.9. The molecule has 0 spiro atoms. The maximum atomic E-state index is 11.8. The monoisotopic (exact) mass is 242 g/mol. The molecule has 0 aromatic carbocycles. The number of aromatic nitrogens is 1. The maximum absolute atomic E-state index is 11.8. The number of halogens is 1. The van der Waals surface area contributed by atoms with Crippen molar-refractivity contribution in [3.8, 4) is 5.75 Å². The summed E-state index contributed by atoms with van der Waals surface area (Å²) in [5.74, 6) is 1.07. The molecule has 0 saturated carbocycles. The Morgan fingerprint density at radius 1 is 1.69 bits per heavy atom. The first kappa shape index (κ1) is 12.8. The standard InChI is InChI=1S/C11H15ClN2O2/c1-8(5-12)6-14-11(15)9-3-4-13-7-10(9)16-2/h3-4,7-8H,5-6H2,1-2H3,(H,14,15). The van der Waals surface area contributed by atoms with Crippen LogP contribution in [0, 0.1) is 5.92 Å². The van der Waals surface area contributed by atoms with Crippen LogP contribution in [0.1, 0.15) is 17.3 Å². The van der Waals surface area contributed by atoms with E-state index in [0.29, 0.717) is 23.7 Å². The fourth-order valence-electron chi connectivity index (χ4n) is 1.15. The van der Waals surface area contributed by atoms with Crippen LogP contribution in [0.4, 0.5) is 0 Å². The molecule has 5 heteroatoms. The van der Waals surface area contributed by atoms with Crippen LogP contribution >= 0.6 is 11.6 Å². The van der Waals surface area contributed by atoms with E-state index < -0.39 is 0 Å². The van der Waals surface area contributed by atoms with Crippen molar-refractivity contribution in [3.63, 3.8) is 0 Å². The van der Waals surface area contributed by atoms with E-state index in [1.54, 1.807) is 12.3 Å². The zero-order valence-electron chi connectivity index (χ0n) is 9.37. The van der Waals surface area contributed by atoms with Gasteiger partial charge in [0.1, 0.15) is 5.75 Å². The Balaban J connectivity index is 2.65. The number of alkyl halides is 1. The first-order chi connectivity index (χ1) is 7.69. The minimum absolute atomic E-state index is 0.170. The molecule has 0 saturated heterocycles. The van der Waals surface area contributed by atoms with Gasteiger partial charge in [-0.05, 0) is 12.0 Å². The molecule has 0 bridgehead atoms. The van der Waals surface area contributed by atoms with E-state index in [2.05, 4.69) is 10.3 Å². The van der Waals surface area contributed by atoms with Crippen LogP contribution < -0.4 is 10.1 Å². The van der Waals surface area contributed by atoms with Gasteiger partial charge < -0.3 is 10.1 Å². The highest BCUT2D eigenvalue weighted by molar-refractivity contribution is 6.18. The third-order valence-corrected chi connectivity index (χ3v) is 2.65. The molecule has 0 aliphatic carbocycles. The lowest BCUT2D eigenvalue weighted by atomic mass is 10.2. The average molecular weight is 243 g/mol. The van der Waals surface area contributed by atoms with Gasteiger partial charge in [-0.2, -0.15) is 0 Å². The van der Waals surface area contributed by atoms with Crippen LogP contribution in [0.2, 0.25) is 0 Å². The van der Waals surface area contributed by atoms with Crippen LogP contribution in [-0.2, 0) is 0 Å². The van der Waals surface area contributed by atoms with Gasteiger partial charge in [-0.15, -0.1) is 11.6 Å². The first-order valence-electron chi connectivity index (χ1n) is 5.01. The van der Waals surface area contributed by atoms with E-state index in [0.717, 1.165) is 0 Å². The zero-order chi connectivity index (χ0) is 12.0. The molecule has 1 aromatic rings. The summed E-state index contributed by atoms with van der Waals surface area (Å²) >= 11 is 5.65. The molecule has 1 N–H and O–H groups in total. The average Bonchev–Trinajstić information content (AvgIpc) is 2.35. The summed E-state index contributed by atoms with van der Waals surface area (Å²) in [7, 11) is 1.51. The number of nitrogens with one attached hydrogen (secondary N) is 1. The number of nitrogens with zero attached hydrogens (tertiary/aromatic N) is 1. The minimum atomic E-state index is -0.170. The summed E-state index contributed by atoms with van der Waals surface area (Å²) in [5, 5.41) is 2.79. The highest BCUT2D eigenvalue weighted by Gasteiger charge is 2.12. The number of pyridine rings is 1. The van der Waals surface area contributed by atoms with Crippen molar-refractivity contribution < 1.29 is 9.53 Å². The fourth-order valence-corrected chi connectivity index (χ4v) is 1.26. The third-order valence-electron chi connectivity index (χ3n) is 2.12. The Kier molecular flexibility index (Phi) is 5.05. The van der Waals surface area contributed by atoms with Crippen molar-refractivity contribution in [2.75, 3.05) is 19.5 Å². The van der Waals surface area contributed by atoms with Crippen molar-refractivity contribution in [3.05, 3.63) is 24.0 Å². The van der Waals surface area contributed by atoms with Crippen molar-refractivity contribution in [2.45, 2.75) is 6.92 Å². The predicted octanol–water partition coefficient (Wildman–Crippen LogP) is 1.69. The van der Waals surface area contributed by atoms with Crippen LogP contribution in [0.5, 0.6) is 5.75 Å². The van der Waals surface area contributed by atoms with Gasteiger partial charge in [0.05, 0.1) is 18.9 Å². The zero-order valence-corrected chi connectivity index (χ0v) is 10.1. The van der Waals surface area contributed by atoms with E-state index in [-0.39, 0.29) is 11.8 Å². The number of hydrogen-bond donors (Lipinski definition) is 1. The van der Waals surface area contributed by atoms with Gasteiger partial charge >= 0.3 is 0 Å². The molecular formula is C11H15ClN2O2. The lowest BCUT2D eigenvalue weighted by Gasteiger charge is -2.11. The fraction of sp³-hybridized carbons (Fsp3) is 0.455. The molecule has 1 heterocycles. The lowest BCUT2D eigenvalue weighted by molar-refractivity contribution is 0.0946. The van der Waals surface area contributed by atoms with Crippen molar-refractivity contribution in [1.82, 2.24) is 10.3 Å². The Bertz CT molecular complexity index is 358. The molecule has 1 aromatic heterocycles. The van der Waals surface area contributed by atoms with Gasteiger partial charge in [-0.3, -0.25) is 9.78 Å². The Labute approximate surface area is 100.0 Å². The van der Waals surface area contributed by atoms with Gasteiger partial charge in [0.25, 0.3) is 5.91 Å². The molecular weight excluding hydrogens is 228 g/mol. The summed E-state index contributed by atoms with van der Waals surface area (Å²) in [4.78, 5) is 15.7. The van der Waals surface area contributed by atoms with Gasteiger partial charge in [-0.25, -0.2) is 0 Å². The van der Waals surface area contributed by atoms with E-state index >= 15 is 0 Å². The number of rotatable bonds is 5.